The van der Waals surface area contributed by atoms with Crippen molar-refractivity contribution in [2.75, 3.05) is 0 Å². The molecule has 0 saturated carbocycles. The molecule has 0 radical (unpaired) electrons. The monoisotopic (exact) mass is 244 g/mol. The van der Waals surface area contributed by atoms with Crippen LogP contribution in [0, 0.1) is 5.92 Å². The van der Waals surface area contributed by atoms with E-state index in [0.29, 0.717) is 18.8 Å². The summed E-state index contributed by atoms with van der Waals surface area (Å²) in [6, 6.07) is 8.05. The second-order valence-electron chi connectivity index (χ2n) is 5.24. The van der Waals surface area contributed by atoms with Gasteiger partial charge in [0, 0.05) is 18.9 Å². The van der Waals surface area contributed by atoms with Crippen molar-refractivity contribution in [1.82, 2.24) is 9.78 Å². The lowest BCUT2D eigenvalue weighted by molar-refractivity contribution is -0.118. The van der Waals surface area contributed by atoms with Gasteiger partial charge < -0.3 is 0 Å². The molecular formula is C15H20N2O. The van der Waals surface area contributed by atoms with Crippen LogP contribution in [0.5, 0.6) is 0 Å². The van der Waals surface area contributed by atoms with Crippen LogP contribution in [-0.4, -0.2) is 15.6 Å². The van der Waals surface area contributed by atoms with Crippen LogP contribution in [0.3, 0.4) is 0 Å². The number of carbonyl (C=O) groups excluding carboxylic acids is 1. The number of rotatable bonds is 5. The van der Waals surface area contributed by atoms with Gasteiger partial charge in [-0.15, -0.1) is 0 Å². The maximum Gasteiger partial charge on any atom is 0.138 e. The molecule has 1 aromatic carbocycles. The van der Waals surface area contributed by atoms with Crippen LogP contribution in [0.1, 0.15) is 32.4 Å². The van der Waals surface area contributed by atoms with Gasteiger partial charge in [0.1, 0.15) is 5.78 Å². The van der Waals surface area contributed by atoms with Crippen molar-refractivity contribution >= 4 is 16.7 Å². The summed E-state index contributed by atoms with van der Waals surface area (Å²) in [5, 5.41) is 5.55. The molecule has 0 aliphatic carbocycles. The molecule has 0 amide bonds. The van der Waals surface area contributed by atoms with Crippen molar-refractivity contribution < 1.29 is 4.79 Å². The molecule has 0 N–H and O–H groups in total. The molecule has 0 spiro atoms. The minimum Gasteiger partial charge on any atom is -0.299 e. The van der Waals surface area contributed by atoms with Gasteiger partial charge in [-0.2, -0.15) is 5.10 Å². The van der Waals surface area contributed by atoms with Crippen LogP contribution in [0.15, 0.2) is 24.3 Å². The molecule has 18 heavy (non-hydrogen) atoms. The van der Waals surface area contributed by atoms with Crippen LogP contribution in [0.4, 0.5) is 0 Å². The van der Waals surface area contributed by atoms with E-state index in [2.05, 4.69) is 18.9 Å². The average Bonchev–Trinajstić information content (AvgIpc) is 2.65. The average molecular weight is 244 g/mol. The van der Waals surface area contributed by atoms with Gasteiger partial charge in [0.25, 0.3) is 0 Å². The van der Waals surface area contributed by atoms with E-state index >= 15 is 0 Å². The number of ketones is 1. The summed E-state index contributed by atoms with van der Waals surface area (Å²) < 4.78 is 1.85. The minimum atomic E-state index is 0.285. The Kier molecular flexibility index (Phi) is 3.80. The Balaban J connectivity index is 2.14. The van der Waals surface area contributed by atoms with E-state index < -0.39 is 0 Å². The summed E-state index contributed by atoms with van der Waals surface area (Å²) in [5.41, 5.74) is 1.99. The number of para-hydroxylation sites is 1. The maximum atomic E-state index is 11.9. The van der Waals surface area contributed by atoms with Crippen molar-refractivity contribution in [3.05, 3.63) is 30.0 Å². The number of carbonyl (C=O) groups is 1. The van der Waals surface area contributed by atoms with Crippen molar-refractivity contribution in [2.45, 2.75) is 33.1 Å². The van der Waals surface area contributed by atoms with Crippen molar-refractivity contribution in [3.63, 3.8) is 0 Å². The first kappa shape index (κ1) is 12.8. The van der Waals surface area contributed by atoms with Crippen molar-refractivity contribution in [2.24, 2.45) is 13.0 Å². The second-order valence-corrected chi connectivity index (χ2v) is 5.24. The third-order valence-electron chi connectivity index (χ3n) is 3.20. The predicted molar refractivity (Wildman–Crippen MR) is 73.5 cm³/mol. The number of fused-ring (bicyclic) bond motifs is 1. The van der Waals surface area contributed by atoms with Crippen molar-refractivity contribution in [1.29, 1.82) is 0 Å². The fourth-order valence-electron chi connectivity index (χ4n) is 2.14. The molecule has 2 aromatic rings. The molecule has 0 bridgehead atoms. The highest BCUT2D eigenvalue weighted by Crippen LogP contribution is 2.18. The topological polar surface area (TPSA) is 34.9 Å². The first-order valence-electron chi connectivity index (χ1n) is 6.50. The van der Waals surface area contributed by atoms with Gasteiger partial charge in [-0.25, -0.2) is 0 Å². The number of benzene rings is 1. The normalized spacial score (nSPS) is 11.3. The molecule has 0 saturated heterocycles. The third kappa shape index (κ3) is 2.78. The highest BCUT2D eigenvalue weighted by molar-refractivity contribution is 5.88. The van der Waals surface area contributed by atoms with E-state index in [1.165, 1.54) is 0 Å². The Labute approximate surface area is 108 Å². The third-order valence-corrected chi connectivity index (χ3v) is 3.20. The lowest BCUT2D eigenvalue weighted by atomic mass is 10.0. The van der Waals surface area contributed by atoms with E-state index in [-0.39, 0.29) is 5.78 Å². The molecule has 96 valence electrons. The second kappa shape index (κ2) is 5.34. The SMILES string of the molecule is CC(C)CCC(=O)Cc1nn(C)c2ccccc12. The molecule has 0 atom stereocenters. The number of aromatic nitrogens is 2. The van der Waals surface area contributed by atoms with Gasteiger partial charge in [0.2, 0.25) is 0 Å². The Morgan fingerprint density at radius 1 is 1.33 bits per heavy atom. The first-order chi connectivity index (χ1) is 8.58. The Bertz CT molecular complexity index is 555. The molecule has 1 heterocycles. The van der Waals surface area contributed by atoms with E-state index in [4.69, 9.17) is 0 Å². The van der Waals surface area contributed by atoms with Crippen LogP contribution < -0.4 is 0 Å². The van der Waals surface area contributed by atoms with Gasteiger partial charge in [-0.05, 0) is 18.4 Å². The quantitative estimate of drug-likeness (QED) is 0.810. The Morgan fingerprint density at radius 3 is 2.78 bits per heavy atom. The highest BCUT2D eigenvalue weighted by atomic mass is 16.1. The largest absolute Gasteiger partial charge is 0.299 e. The highest BCUT2D eigenvalue weighted by Gasteiger charge is 2.12. The summed E-state index contributed by atoms with van der Waals surface area (Å²) in [6.07, 6.45) is 2.07. The fourth-order valence-corrected chi connectivity index (χ4v) is 2.14. The number of nitrogens with zero attached hydrogens (tertiary/aromatic N) is 2. The molecule has 0 aliphatic heterocycles. The number of hydrogen-bond acceptors (Lipinski definition) is 2. The summed E-state index contributed by atoms with van der Waals surface area (Å²) in [5.74, 6) is 0.863. The van der Waals surface area contributed by atoms with Crippen LogP contribution in [-0.2, 0) is 18.3 Å². The van der Waals surface area contributed by atoms with E-state index in [9.17, 15) is 4.79 Å². The van der Waals surface area contributed by atoms with Crippen LogP contribution >= 0.6 is 0 Å². The molecule has 3 heteroatoms. The lowest BCUT2D eigenvalue weighted by Crippen LogP contribution is -2.05. The lowest BCUT2D eigenvalue weighted by Gasteiger charge is -2.02. The molecule has 0 unspecified atom stereocenters. The molecular weight excluding hydrogens is 224 g/mol. The molecule has 2 rings (SSSR count). The minimum absolute atomic E-state index is 0.285. The first-order valence-corrected chi connectivity index (χ1v) is 6.50. The van der Waals surface area contributed by atoms with E-state index in [1.807, 2.05) is 36.0 Å². The van der Waals surface area contributed by atoms with Gasteiger partial charge in [0.15, 0.2) is 0 Å². The van der Waals surface area contributed by atoms with E-state index in [1.54, 1.807) is 0 Å². The standard InChI is InChI=1S/C15H20N2O/c1-11(2)8-9-12(18)10-14-13-6-4-5-7-15(13)17(3)16-14/h4-7,11H,8-10H2,1-3H3. The molecule has 3 nitrogen and oxygen atoms in total. The summed E-state index contributed by atoms with van der Waals surface area (Å²) in [6.45, 7) is 4.28. The summed E-state index contributed by atoms with van der Waals surface area (Å²) in [7, 11) is 1.92. The van der Waals surface area contributed by atoms with Crippen molar-refractivity contribution in [3.8, 4) is 0 Å². The molecule has 1 aromatic heterocycles. The van der Waals surface area contributed by atoms with Gasteiger partial charge in [-0.3, -0.25) is 9.48 Å². The summed E-state index contributed by atoms with van der Waals surface area (Å²) >= 11 is 0. The van der Waals surface area contributed by atoms with Crippen LogP contribution in [0.25, 0.3) is 10.9 Å². The van der Waals surface area contributed by atoms with Crippen LogP contribution in [0.2, 0.25) is 0 Å². The molecule has 0 fully saturated rings. The zero-order valence-electron chi connectivity index (χ0n) is 11.3. The Morgan fingerprint density at radius 2 is 2.06 bits per heavy atom. The number of hydrogen-bond donors (Lipinski definition) is 0. The number of aryl methyl sites for hydroxylation is 1. The van der Waals surface area contributed by atoms with Gasteiger partial charge in [-0.1, -0.05) is 32.0 Å². The maximum absolute atomic E-state index is 11.9. The number of Topliss-reactive ketones (excluding diaryl/α,β-unsaturated/α-hetero) is 1. The Hall–Kier alpha value is -1.64. The predicted octanol–water partition coefficient (Wildman–Crippen LogP) is 3.12. The summed E-state index contributed by atoms with van der Waals surface area (Å²) in [4.78, 5) is 11.9. The zero-order valence-corrected chi connectivity index (χ0v) is 11.3. The van der Waals surface area contributed by atoms with E-state index in [0.717, 1.165) is 23.0 Å². The fraction of sp³-hybridized carbons (Fsp3) is 0.467. The zero-order chi connectivity index (χ0) is 13.1. The van der Waals surface area contributed by atoms with Gasteiger partial charge >= 0.3 is 0 Å². The smallest absolute Gasteiger partial charge is 0.138 e. The molecule has 0 aliphatic rings. The van der Waals surface area contributed by atoms with Gasteiger partial charge in [0.05, 0.1) is 17.6 Å².